The van der Waals surface area contributed by atoms with Crippen LogP contribution in [0.25, 0.3) is 22.4 Å². The van der Waals surface area contributed by atoms with Crippen LogP contribution in [-0.4, -0.2) is 57.9 Å². The van der Waals surface area contributed by atoms with Gasteiger partial charge < -0.3 is 34.9 Å². The van der Waals surface area contributed by atoms with Crippen molar-refractivity contribution in [2.24, 2.45) is 0 Å². The lowest BCUT2D eigenvalue weighted by atomic mass is 10.1. The van der Waals surface area contributed by atoms with E-state index in [-0.39, 0.29) is 45.7 Å². The number of aromatic nitrogens is 4. The molecule has 0 saturated carbocycles. The fourth-order valence-electron chi connectivity index (χ4n) is 3.78. The standard InChI is InChI=1S/C23H25FN6O8P2/c1-12(2)30-21-16(11-25-30)20(29-23(39(32,33)34)40(35,36)37)27-19(28-21)13-5-4-6-14(9-13)22(31)26-15-7-8-18(38-3)17(24)10-15/h4-12,23H,1-3H3,(H,26,31)(H,27,28,29)(H2,32,33,34)(H2,35,36,37). The number of hydrogen-bond acceptors (Lipinski definition) is 8. The zero-order chi connectivity index (χ0) is 29.4. The molecule has 0 saturated heterocycles. The van der Waals surface area contributed by atoms with Gasteiger partial charge in [-0.2, -0.15) is 5.10 Å². The fourth-order valence-corrected chi connectivity index (χ4v) is 5.92. The SMILES string of the molecule is COc1ccc(NC(=O)c2cccc(-c3nc(NC(P(=O)(O)O)P(=O)(O)O)c4cnn(C(C)C)c4n3)c2)cc1F. The van der Waals surface area contributed by atoms with E-state index >= 15 is 0 Å². The van der Waals surface area contributed by atoms with E-state index in [4.69, 9.17) is 4.74 Å². The van der Waals surface area contributed by atoms with Crippen molar-refractivity contribution in [3.63, 3.8) is 0 Å². The molecule has 1 amide bonds. The van der Waals surface area contributed by atoms with Crippen LogP contribution < -0.4 is 15.4 Å². The molecule has 17 heteroatoms. The minimum absolute atomic E-state index is 0.0114. The summed E-state index contributed by atoms with van der Waals surface area (Å²) in [5.41, 5.74) is -1.75. The van der Waals surface area contributed by atoms with E-state index in [0.717, 1.165) is 6.07 Å². The van der Waals surface area contributed by atoms with Crippen LogP contribution in [-0.2, 0) is 9.13 Å². The number of halogens is 1. The molecule has 4 rings (SSSR count). The van der Waals surface area contributed by atoms with Crippen LogP contribution >= 0.6 is 15.2 Å². The van der Waals surface area contributed by atoms with Crippen molar-refractivity contribution < 1.29 is 42.6 Å². The largest absolute Gasteiger partial charge is 0.494 e. The van der Waals surface area contributed by atoms with Gasteiger partial charge in [-0.1, -0.05) is 12.1 Å². The van der Waals surface area contributed by atoms with Gasteiger partial charge in [-0.3, -0.25) is 13.9 Å². The predicted molar refractivity (Wildman–Crippen MR) is 144 cm³/mol. The lowest BCUT2D eigenvalue weighted by Crippen LogP contribution is -2.21. The Labute approximate surface area is 226 Å². The van der Waals surface area contributed by atoms with Crippen molar-refractivity contribution in [1.82, 2.24) is 19.7 Å². The van der Waals surface area contributed by atoms with Gasteiger partial charge in [0.05, 0.1) is 18.7 Å². The fraction of sp³-hybridized carbons (Fsp3) is 0.217. The van der Waals surface area contributed by atoms with E-state index in [9.17, 15) is 37.9 Å². The lowest BCUT2D eigenvalue weighted by Gasteiger charge is -2.21. The summed E-state index contributed by atoms with van der Waals surface area (Å²) in [5.74, 6) is -1.55. The molecule has 0 aliphatic heterocycles. The molecule has 0 spiro atoms. The number of rotatable bonds is 9. The maximum absolute atomic E-state index is 14.1. The van der Waals surface area contributed by atoms with Crippen molar-refractivity contribution in [2.45, 2.75) is 25.4 Å². The summed E-state index contributed by atoms with van der Waals surface area (Å²) in [6.45, 7) is 3.62. The van der Waals surface area contributed by atoms with Gasteiger partial charge in [0.2, 0.25) is 5.52 Å². The average Bonchev–Trinajstić information content (AvgIpc) is 3.30. The second-order valence-electron chi connectivity index (χ2n) is 8.90. The minimum Gasteiger partial charge on any atom is -0.494 e. The molecule has 2 heterocycles. The molecule has 2 aromatic heterocycles. The second kappa shape index (κ2) is 11.0. The van der Waals surface area contributed by atoms with Crippen LogP contribution in [0.5, 0.6) is 5.75 Å². The van der Waals surface area contributed by atoms with Gasteiger partial charge >= 0.3 is 15.2 Å². The molecule has 4 aromatic rings. The maximum atomic E-state index is 14.1. The Morgan fingerprint density at radius 1 is 1.05 bits per heavy atom. The maximum Gasteiger partial charge on any atom is 0.360 e. The summed E-state index contributed by atoms with van der Waals surface area (Å²) in [7, 11) is -9.39. The van der Waals surface area contributed by atoms with Crippen LogP contribution in [0.1, 0.15) is 30.2 Å². The third-order valence-electron chi connectivity index (χ3n) is 5.64. The summed E-state index contributed by atoms with van der Waals surface area (Å²) in [6, 6.07) is 9.73. The van der Waals surface area contributed by atoms with Gasteiger partial charge in [0.1, 0.15) is 5.82 Å². The summed E-state index contributed by atoms with van der Waals surface area (Å²) in [5, 5.41) is 9.14. The van der Waals surface area contributed by atoms with E-state index in [0.29, 0.717) is 5.56 Å². The Morgan fingerprint density at radius 3 is 2.35 bits per heavy atom. The Balaban J connectivity index is 1.77. The first kappa shape index (κ1) is 29.3. The highest BCUT2D eigenvalue weighted by Gasteiger charge is 2.44. The number of benzene rings is 2. The van der Waals surface area contributed by atoms with Gasteiger partial charge in [0.25, 0.3) is 5.91 Å². The third kappa shape index (κ3) is 6.20. The zero-order valence-electron chi connectivity index (χ0n) is 21.3. The Morgan fingerprint density at radius 2 is 1.75 bits per heavy atom. The highest BCUT2D eigenvalue weighted by Crippen LogP contribution is 2.59. The lowest BCUT2D eigenvalue weighted by molar-refractivity contribution is 0.102. The molecular weight excluding hydrogens is 569 g/mol. The molecule has 0 atom stereocenters. The highest BCUT2D eigenvalue weighted by molar-refractivity contribution is 7.71. The van der Waals surface area contributed by atoms with Crippen LogP contribution in [0, 0.1) is 5.82 Å². The van der Waals surface area contributed by atoms with Crippen molar-refractivity contribution in [1.29, 1.82) is 0 Å². The monoisotopic (exact) mass is 594 g/mol. The summed E-state index contributed by atoms with van der Waals surface area (Å²) in [6.07, 6.45) is 1.30. The molecule has 0 bridgehead atoms. The Hall–Kier alpha value is -3.71. The number of nitrogens with zero attached hydrogens (tertiary/aromatic N) is 4. The van der Waals surface area contributed by atoms with Crippen LogP contribution in [0.4, 0.5) is 15.9 Å². The number of anilines is 2. The van der Waals surface area contributed by atoms with E-state index in [1.807, 2.05) is 13.8 Å². The summed E-state index contributed by atoms with van der Waals surface area (Å²) >= 11 is 0. The van der Waals surface area contributed by atoms with E-state index < -0.39 is 32.4 Å². The number of ether oxygens (including phenoxy) is 1. The Kier molecular flexibility index (Phi) is 8.08. The molecule has 6 N–H and O–H groups in total. The molecule has 40 heavy (non-hydrogen) atoms. The molecule has 14 nitrogen and oxygen atoms in total. The molecule has 2 aromatic carbocycles. The van der Waals surface area contributed by atoms with Gasteiger partial charge in [-0.25, -0.2) is 19.0 Å². The normalized spacial score (nSPS) is 12.2. The number of carbonyl (C=O) groups excluding carboxylic acids is 1. The quantitative estimate of drug-likeness (QED) is 0.154. The molecule has 0 aliphatic carbocycles. The van der Waals surface area contributed by atoms with Crippen LogP contribution in [0.2, 0.25) is 0 Å². The van der Waals surface area contributed by atoms with Crippen molar-refractivity contribution >= 4 is 43.6 Å². The second-order valence-corrected chi connectivity index (χ2v) is 12.7. The van der Waals surface area contributed by atoms with Crippen LogP contribution in [0.15, 0.2) is 48.7 Å². The number of amides is 1. The van der Waals surface area contributed by atoms with Gasteiger partial charge in [-0.15, -0.1) is 0 Å². The van der Waals surface area contributed by atoms with Crippen LogP contribution in [0.3, 0.4) is 0 Å². The summed E-state index contributed by atoms with van der Waals surface area (Å²) in [4.78, 5) is 60.1. The third-order valence-corrected chi connectivity index (χ3v) is 8.98. The van der Waals surface area contributed by atoms with Gasteiger partial charge in [0.15, 0.2) is 23.0 Å². The van der Waals surface area contributed by atoms with Gasteiger partial charge in [0, 0.05) is 28.9 Å². The number of fused-ring (bicyclic) bond motifs is 1. The number of nitrogens with one attached hydrogen (secondary N) is 2. The van der Waals surface area contributed by atoms with Crippen molar-refractivity contribution in [3.8, 4) is 17.1 Å². The first-order valence-electron chi connectivity index (χ1n) is 11.6. The molecule has 212 valence electrons. The van der Waals surface area contributed by atoms with E-state index in [2.05, 4.69) is 25.7 Å². The molecule has 0 fully saturated rings. The van der Waals surface area contributed by atoms with Gasteiger partial charge in [-0.05, 0) is 38.1 Å². The minimum atomic E-state index is -5.35. The number of carbonyl (C=O) groups is 1. The van der Waals surface area contributed by atoms with E-state index in [1.165, 1.54) is 48.3 Å². The molecule has 0 radical (unpaired) electrons. The topological polar surface area (TPSA) is 209 Å². The zero-order valence-corrected chi connectivity index (χ0v) is 23.0. The van der Waals surface area contributed by atoms with Crippen molar-refractivity contribution in [2.75, 3.05) is 17.7 Å². The molecule has 0 aliphatic rings. The first-order chi connectivity index (χ1) is 18.7. The molecule has 0 unspecified atom stereocenters. The number of methoxy groups -OCH3 is 1. The van der Waals surface area contributed by atoms with E-state index in [1.54, 1.807) is 6.07 Å². The van der Waals surface area contributed by atoms with Crippen molar-refractivity contribution in [3.05, 3.63) is 60.0 Å². The first-order valence-corrected chi connectivity index (χ1v) is 14.9. The highest BCUT2D eigenvalue weighted by atomic mass is 31.2. The number of hydrogen-bond donors (Lipinski definition) is 6. The molecular formula is C23H25FN6O8P2. The smallest absolute Gasteiger partial charge is 0.360 e. The Bertz CT molecular complexity index is 1660. The predicted octanol–water partition coefficient (Wildman–Crippen LogP) is 3.53. The average molecular weight is 594 g/mol. The summed E-state index contributed by atoms with van der Waals surface area (Å²) < 4.78 is 44.2.